The number of ketones is 3. The SMILES string of the molecule is COC(=O)[C@]12CCC(C)(C)C[C@H]1[C@H]1C(=O)C=C3[C@@]4(C)C(=CF)C(=O)C(=O)C(C)(C)[C@@H]4CC[C@@]3(C)[C@]1(C)CC2. The van der Waals surface area contributed by atoms with Gasteiger partial charge in [-0.3, -0.25) is 19.2 Å². The molecule has 0 aromatic heterocycles. The molecule has 0 amide bonds. The molecule has 5 aliphatic carbocycles. The fourth-order valence-corrected chi connectivity index (χ4v) is 10.3. The third kappa shape index (κ3) is 3.04. The lowest BCUT2D eigenvalue weighted by Gasteiger charge is -2.69. The van der Waals surface area contributed by atoms with Crippen molar-refractivity contribution in [1.82, 2.24) is 0 Å². The van der Waals surface area contributed by atoms with E-state index in [0.717, 1.165) is 24.8 Å². The van der Waals surface area contributed by atoms with E-state index in [1.165, 1.54) is 7.11 Å². The third-order valence-corrected chi connectivity index (χ3v) is 12.7. The van der Waals surface area contributed by atoms with Gasteiger partial charge in [-0.05, 0) is 84.7 Å². The van der Waals surface area contributed by atoms with Gasteiger partial charge in [-0.15, -0.1) is 0 Å². The van der Waals surface area contributed by atoms with Gasteiger partial charge in [-0.2, -0.15) is 0 Å². The molecule has 0 N–H and O–H groups in total. The quantitative estimate of drug-likeness (QED) is 0.226. The smallest absolute Gasteiger partial charge is 0.312 e. The molecule has 6 heteroatoms. The number of ether oxygens (including phenoxy) is 1. The highest BCUT2D eigenvalue weighted by Gasteiger charge is 2.72. The molecule has 0 spiro atoms. The Hall–Kier alpha value is -2.11. The summed E-state index contributed by atoms with van der Waals surface area (Å²) in [5.74, 6) is -2.36. The van der Waals surface area contributed by atoms with E-state index in [1.54, 1.807) is 19.9 Å². The first kappa shape index (κ1) is 27.5. The second-order valence-electron chi connectivity index (χ2n) is 15.0. The van der Waals surface area contributed by atoms with Gasteiger partial charge in [0.25, 0.3) is 0 Å². The summed E-state index contributed by atoms with van der Waals surface area (Å²) in [6.07, 6.45) is 7.13. The molecular weight excluding hydrogens is 483 g/mol. The molecule has 0 saturated heterocycles. The van der Waals surface area contributed by atoms with Gasteiger partial charge < -0.3 is 4.74 Å². The zero-order valence-electron chi connectivity index (χ0n) is 24.3. The van der Waals surface area contributed by atoms with Crippen LogP contribution >= 0.6 is 0 Å². The van der Waals surface area contributed by atoms with E-state index in [2.05, 4.69) is 27.7 Å². The minimum atomic E-state index is -1.05. The van der Waals surface area contributed by atoms with Crippen molar-refractivity contribution < 1.29 is 28.3 Å². The van der Waals surface area contributed by atoms with E-state index >= 15 is 0 Å². The highest BCUT2D eigenvalue weighted by atomic mass is 19.1. The van der Waals surface area contributed by atoms with Gasteiger partial charge in [0.05, 0.1) is 18.9 Å². The molecule has 5 aliphatic rings. The van der Waals surface area contributed by atoms with Gasteiger partial charge in [-0.1, -0.05) is 48.5 Å². The number of Topliss-reactive ketones (excluding diaryl/α,β-unsaturated/α-hetero) is 2. The maximum atomic E-state index is 14.6. The fourth-order valence-electron chi connectivity index (χ4n) is 10.3. The Balaban J connectivity index is 1.72. The summed E-state index contributed by atoms with van der Waals surface area (Å²) >= 11 is 0. The first-order chi connectivity index (χ1) is 17.5. The topological polar surface area (TPSA) is 77.5 Å². The van der Waals surface area contributed by atoms with E-state index < -0.39 is 38.6 Å². The summed E-state index contributed by atoms with van der Waals surface area (Å²) in [6, 6.07) is 0. The number of allylic oxidation sites excluding steroid dienone is 3. The molecule has 0 aliphatic heterocycles. The van der Waals surface area contributed by atoms with Gasteiger partial charge in [0.2, 0.25) is 11.6 Å². The molecule has 38 heavy (non-hydrogen) atoms. The summed E-state index contributed by atoms with van der Waals surface area (Å²) in [7, 11) is 1.44. The number of hydrogen-bond acceptors (Lipinski definition) is 5. The Morgan fingerprint density at radius 3 is 2.21 bits per heavy atom. The summed E-state index contributed by atoms with van der Waals surface area (Å²) in [5.41, 5.74) is -2.98. The van der Waals surface area contributed by atoms with Crippen LogP contribution in [0.15, 0.2) is 23.6 Å². The summed E-state index contributed by atoms with van der Waals surface area (Å²) in [6.45, 7) is 14.3. The van der Waals surface area contributed by atoms with Crippen molar-refractivity contribution in [2.24, 2.45) is 50.2 Å². The molecule has 0 unspecified atom stereocenters. The number of carbonyl (C=O) groups is 4. The maximum absolute atomic E-state index is 14.6. The molecule has 0 heterocycles. The highest BCUT2D eigenvalue weighted by Crippen LogP contribution is 2.75. The monoisotopic (exact) mass is 526 g/mol. The normalized spacial score (nSPS) is 46.3. The zero-order chi connectivity index (χ0) is 28.3. The van der Waals surface area contributed by atoms with Gasteiger partial charge >= 0.3 is 5.97 Å². The summed E-state index contributed by atoms with van der Waals surface area (Å²) in [5, 5.41) is 0. The average molecular weight is 527 g/mol. The van der Waals surface area contributed by atoms with E-state index in [0.29, 0.717) is 32.0 Å². The lowest BCUT2D eigenvalue weighted by Crippen LogP contribution is -2.67. The molecular formula is C32H43FO5. The molecule has 5 rings (SSSR count). The Morgan fingerprint density at radius 1 is 0.974 bits per heavy atom. The second-order valence-corrected chi connectivity index (χ2v) is 15.0. The number of fused-ring (bicyclic) bond motifs is 7. The van der Waals surface area contributed by atoms with Crippen LogP contribution in [0.4, 0.5) is 4.39 Å². The molecule has 7 atom stereocenters. The molecule has 0 bridgehead atoms. The van der Waals surface area contributed by atoms with Crippen molar-refractivity contribution in [3.05, 3.63) is 23.6 Å². The van der Waals surface area contributed by atoms with Gasteiger partial charge in [0.15, 0.2) is 5.78 Å². The second kappa shape index (κ2) is 7.97. The van der Waals surface area contributed by atoms with E-state index in [-0.39, 0.29) is 40.5 Å². The van der Waals surface area contributed by atoms with Gasteiger partial charge in [-0.25, -0.2) is 4.39 Å². The Labute approximate surface area is 226 Å². The largest absolute Gasteiger partial charge is 0.469 e. The van der Waals surface area contributed by atoms with Crippen LogP contribution in [-0.2, 0) is 23.9 Å². The van der Waals surface area contributed by atoms with Crippen LogP contribution < -0.4 is 0 Å². The third-order valence-electron chi connectivity index (χ3n) is 12.7. The maximum Gasteiger partial charge on any atom is 0.312 e. The minimum absolute atomic E-state index is 0.000434. The van der Waals surface area contributed by atoms with E-state index in [4.69, 9.17) is 4.74 Å². The molecule has 5 nitrogen and oxygen atoms in total. The van der Waals surface area contributed by atoms with Crippen molar-refractivity contribution in [3.63, 3.8) is 0 Å². The van der Waals surface area contributed by atoms with Gasteiger partial charge in [0.1, 0.15) is 0 Å². The summed E-state index contributed by atoms with van der Waals surface area (Å²) < 4.78 is 19.9. The van der Waals surface area contributed by atoms with Crippen molar-refractivity contribution >= 4 is 23.3 Å². The number of carbonyl (C=O) groups excluding carboxylic acids is 4. The lowest BCUT2D eigenvalue weighted by molar-refractivity contribution is -0.191. The van der Waals surface area contributed by atoms with Crippen LogP contribution in [0.3, 0.4) is 0 Å². The Bertz CT molecular complexity index is 1210. The number of methoxy groups -OCH3 is 1. The number of esters is 1. The van der Waals surface area contributed by atoms with Crippen molar-refractivity contribution in [3.8, 4) is 0 Å². The van der Waals surface area contributed by atoms with Crippen molar-refractivity contribution in [2.45, 2.75) is 93.4 Å². The van der Waals surface area contributed by atoms with E-state index in [9.17, 15) is 23.6 Å². The highest BCUT2D eigenvalue weighted by molar-refractivity contribution is 6.46. The van der Waals surface area contributed by atoms with Crippen LogP contribution in [0.25, 0.3) is 0 Å². The molecule has 0 aromatic rings. The lowest BCUT2D eigenvalue weighted by atomic mass is 9.33. The van der Waals surface area contributed by atoms with Crippen LogP contribution in [-0.4, -0.2) is 30.4 Å². The Kier molecular flexibility index (Phi) is 5.76. The molecule has 4 saturated carbocycles. The predicted molar refractivity (Wildman–Crippen MR) is 141 cm³/mol. The Morgan fingerprint density at radius 2 is 1.61 bits per heavy atom. The number of hydrogen-bond donors (Lipinski definition) is 0. The fraction of sp³-hybridized carbons (Fsp3) is 0.750. The number of halogens is 1. The van der Waals surface area contributed by atoms with Crippen LogP contribution in [0.5, 0.6) is 0 Å². The van der Waals surface area contributed by atoms with Crippen LogP contribution in [0.1, 0.15) is 93.4 Å². The van der Waals surface area contributed by atoms with E-state index in [1.807, 2.05) is 6.92 Å². The summed E-state index contributed by atoms with van der Waals surface area (Å²) in [4.78, 5) is 54.1. The molecule has 0 aromatic carbocycles. The predicted octanol–water partition coefficient (Wildman–Crippen LogP) is 6.35. The first-order valence-corrected chi connectivity index (χ1v) is 14.2. The van der Waals surface area contributed by atoms with Crippen molar-refractivity contribution in [1.29, 1.82) is 0 Å². The molecule has 4 fully saturated rings. The van der Waals surface area contributed by atoms with Crippen molar-refractivity contribution in [2.75, 3.05) is 7.11 Å². The standard InChI is InChI=1S/C32H43FO5/c1-27(2)11-13-32(26(37)38-8)14-12-30(6)23(18(32)16-27)20(34)15-22-29(30,5)10-9-21-28(3,4)25(36)24(35)19(17-33)31(21,22)7/h15,17-18,21,23H,9-14,16H2,1-8H3/t18-,21-,23-,29+,30+,31-,32-/m0/s1. The average Bonchev–Trinajstić information content (AvgIpc) is 2.83. The van der Waals surface area contributed by atoms with Crippen LogP contribution in [0, 0.1) is 50.2 Å². The zero-order valence-corrected chi connectivity index (χ0v) is 24.3. The van der Waals surface area contributed by atoms with Gasteiger partial charge in [0, 0.05) is 22.3 Å². The molecule has 0 radical (unpaired) electrons. The molecule has 208 valence electrons. The van der Waals surface area contributed by atoms with Crippen LogP contribution in [0.2, 0.25) is 0 Å². The number of rotatable bonds is 1. The minimum Gasteiger partial charge on any atom is -0.469 e. The first-order valence-electron chi connectivity index (χ1n) is 14.2.